The van der Waals surface area contributed by atoms with E-state index in [1.165, 1.54) is 6.92 Å². The van der Waals surface area contributed by atoms with Crippen LogP contribution in [0.4, 0.5) is 0 Å². The van der Waals surface area contributed by atoms with Crippen LogP contribution in [0.15, 0.2) is 24.3 Å². The molecular formula is C15H20N2O4. The normalized spacial score (nSPS) is 17.7. The second kappa shape index (κ2) is 7.08. The summed E-state index contributed by atoms with van der Waals surface area (Å²) < 4.78 is 10.6. The molecule has 6 heteroatoms. The molecule has 0 aromatic heterocycles. The minimum absolute atomic E-state index is 0.212. The Kier molecular flexibility index (Phi) is 5.16. The van der Waals surface area contributed by atoms with Crippen molar-refractivity contribution in [3.63, 3.8) is 0 Å². The number of nitrogens with one attached hydrogen (secondary N) is 2. The Bertz CT molecular complexity index is 497. The molecule has 21 heavy (non-hydrogen) atoms. The number of epoxide rings is 1. The van der Waals surface area contributed by atoms with Crippen molar-refractivity contribution in [2.45, 2.75) is 25.5 Å². The first-order valence-corrected chi connectivity index (χ1v) is 6.90. The quantitative estimate of drug-likeness (QED) is 0.706. The monoisotopic (exact) mass is 292 g/mol. The van der Waals surface area contributed by atoms with E-state index >= 15 is 0 Å². The molecule has 0 saturated carbocycles. The molecule has 1 heterocycles. The van der Waals surface area contributed by atoms with E-state index in [9.17, 15) is 9.59 Å². The number of hydrogen-bond donors (Lipinski definition) is 2. The van der Waals surface area contributed by atoms with Crippen molar-refractivity contribution in [3.8, 4) is 5.75 Å². The van der Waals surface area contributed by atoms with Gasteiger partial charge >= 0.3 is 0 Å². The van der Waals surface area contributed by atoms with E-state index in [0.717, 1.165) is 17.9 Å². The van der Waals surface area contributed by atoms with Crippen molar-refractivity contribution in [2.24, 2.45) is 0 Å². The lowest BCUT2D eigenvalue weighted by Gasteiger charge is -2.16. The lowest BCUT2D eigenvalue weighted by Crippen LogP contribution is -2.46. The van der Waals surface area contributed by atoms with Gasteiger partial charge in [0.2, 0.25) is 11.8 Å². The van der Waals surface area contributed by atoms with Crippen molar-refractivity contribution in [1.82, 2.24) is 10.6 Å². The fraction of sp³-hybridized carbons (Fsp3) is 0.467. The molecule has 2 unspecified atom stereocenters. The van der Waals surface area contributed by atoms with Gasteiger partial charge in [-0.2, -0.15) is 0 Å². The number of carbonyl (C=O) groups excluding carboxylic acids is 2. The topological polar surface area (TPSA) is 80.0 Å². The predicted octanol–water partition coefficient (Wildman–Crippen LogP) is 0.257. The molecule has 1 aromatic rings. The van der Waals surface area contributed by atoms with E-state index in [1.807, 2.05) is 24.3 Å². The fourth-order valence-corrected chi connectivity index (χ4v) is 1.94. The van der Waals surface area contributed by atoms with Crippen molar-refractivity contribution in [2.75, 3.05) is 20.3 Å². The third-order valence-corrected chi connectivity index (χ3v) is 3.14. The van der Waals surface area contributed by atoms with Gasteiger partial charge in [-0.25, -0.2) is 0 Å². The molecule has 2 rings (SSSR count). The molecule has 1 saturated heterocycles. The van der Waals surface area contributed by atoms with E-state index in [2.05, 4.69) is 10.6 Å². The predicted molar refractivity (Wildman–Crippen MR) is 77.1 cm³/mol. The summed E-state index contributed by atoms with van der Waals surface area (Å²) in [7, 11) is 1.55. The van der Waals surface area contributed by atoms with E-state index in [1.54, 1.807) is 7.05 Å². The highest BCUT2D eigenvalue weighted by atomic mass is 16.6. The maximum absolute atomic E-state index is 11.7. The summed E-state index contributed by atoms with van der Waals surface area (Å²) in [4.78, 5) is 22.9. The third-order valence-electron chi connectivity index (χ3n) is 3.14. The van der Waals surface area contributed by atoms with E-state index in [-0.39, 0.29) is 17.9 Å². The van der Waals surface area contributed by atoms with Gasteiger partial charge in [0.25, 0.3) is 0 Å². The Morgan fingerprint density at radius 2 is 2.05 bits per heavy atom. The molecule has 1 aromatic carbocycles. The average Bonchev–Trinajstić information content (AvgIpc) is 3.28. The highest BCUT2D eigenvalue weighted by molar-refractivity contribution is 5.86. The minimum Gasteiger partial charge on any atom is -0.491 e. The van der Waals surface area contributed by atoms with Gasteiger partial charge in [0.1, 0.15) is 24.5 Å². The Hall–Kier alpha value is -2.08. The molecule has 0 aliphatic carbocycles. The van der Waals surface area contributed by atoms with Crippen LogP contribution in [0.1, 0.15) is 12.5 Å². The van der Waals surface area contributed by atoms with Crippen LogP contribution < -0.4 is 15.4 Å². The lowest BCUT2D eigenvalue weighted by atomic mass is 10.1. The summed E-state index contributed by atoms with van der Waals surface area (Å²) in [6.45, 7) is 2.72. The second-order valence-corrected chi connectivity index (χ2v) is 4.98. The first kappa shape index (κ1) is 15.3. The summed E-state index contributed by atoms with van der Waals surface area (Å²) in [5, 5.41) is 5.19. The van der Waals surface area contributed by atoms with Crippen molar-refractivity contribution in [1.29, 1.82) is 0 Å². The SMILES string of the molecule is CNC(=O)C(Cc1ccc(OCC2CO2)cc1)NC(C)=O. The smallest absolute Gasteiger partial charge is 0.242 e. The number of ether oxygens (including phenoxy) is 2. The third kappa shape index (κ3) is 5.07. The number of carbonyl (C=O) groups is 2. The van der Waals surface area contributed by atoms with Crippen molar-refractivity contribution >= 4 is 11.8 Å². The number of amides is 2. The Morgan fingerprint density at radius 1 is 1.38 bits per heavy atom. The van der Waals surface area contributed by atoms with Crippen LogP contribution >= 0.6 is 0 Å². The average molecular weight is 292 g/mol. The van der Waals surface area contributed by atoms with Gasteiger partial charge in [0, 0.05) is 20.4 Å². The van der Waals surface area contributed by atoms with E-state index < -0.39 is 6.04 Å². The maximum Gasteiger partial charge on any atom is 0.242 e. The molecule has 1 fully saturated rings. The van der Waals surface area contributed by atoms with Crippen LogP contribution in [0, 0.1) is 0 Å². The van der Waals surface area contributed by atoms with Crippen LogP contribution in [0.25, 0.3) is 0 Å². The van der Waals surface area contributed by atoms with Crippen molar-refractivity contribution in [3.05, 3.63) is 29.8 Å². The van der Waals surface area contributed by atoms with Crippen LogP contribution in [0.3, 0.4) is 0 Å². The first-order chi connectivity index (χ1) is 10.1. The summed E-state index contributed by atoms with van der Waals surface area (Å²) in [6, 6.07) is 6.92. The van der Waals surface area contributed by atoms with Gasteiger partial charge in [0.05, 0.1) is 6.61 Å². The number of rotatable bonds is 7. The van der Waals surface area contributed by atoms with Gasteiger partial charge in [-0.15, -0.1) is 0 Å². The first-order valence-electron chi connectivity index (χ1n) is 6.90. The molecule has 6 nitrogen and oxygen atoms in total. The summed E-state index contributed by atoms with van der Waals surface area (Å²) in [6.07, 6.45) is 0.660. The second-order valence-electron chi connectivity index (χ2n) is 4.98. The zero-order valence-electron chi connectivity index (χ0n) is 12.2. The van der Waals surface area contributed by atoms with Gasteiger partial charge < -0.3 is 20.1 Å². The number of likely N-dealkylation sites (N-methyl/N-ethyl adjacent to an activating group) is 1. The molecule has 0 bridgehead atoms. The Morgan fingerprint density at radius 3 is 2.57 bits per heavy atom. The standard InChI is InChI=1S/C15H20N2O4/c1-10(18)17-14(15(19)16-2)7-11-3-5-12(6-4-11)20-8-13-9-21-13/h3-6,13-14H,7-9H2,1-2H3,(H,16,19)(H,17,18). The molecular weight excluding hydrogens is 272 g/mol. The zero-order chi connectivity index (χ0) is 15.2. The molecule has 1 aliphatic heterocycles. The molecule has 2 amide bonds. The highest BCUT2D eigenvalue weighted by Gasteiger charge is 2.23. The van der Waals surface area contributed by atoms with Crippen LogP contribution in [0.5, 0.6) is 5.75 Å². The molecule has 0 radical (unpaired) electrons. The molecule has 2 N–H and O–H groups in total. The molecule has 114 valence electrons. The maximum atomic E-state index is 11.7. The van der Waals surface area contributed by atoms with Crippen molar-refractivity contribution < 1.29 is 19.1 Å². The van der Waals surface area contributed by atoms with Crippen LogP contribution in [-0.2, 0) is 20.7 Å². The summed E-state index contributed by atoms with van der Waals surface area (Å²) >= 11 is 0. The summed E-state index contributed by atoms with van der Waals surface area (Å²) in [5.41, 5.74) is 0.951. The number of hydrogen-bond acceptors (Lipinski definition) is 4. The van der Waals surface area contributed by atoms with Gasteiger partial charge in [-0.3, -0.25) is 9.59 Å². The molecule has 2 atom stereocenters. The lowest BCUT2D eigenvalue weighted by molar-refractivity contribution is -0.127. The van der Waals surface area contributed by atoms with Gasteiger partial charge in [0.15, 0.2) is 0 Å². The number of benzene rings is 1. The minimum atomic E-state index is -0.570. The zero-order valence-corrected chi connectivity index (χ0v) is 12.2. The van der Waals surface area contributed by atoms with E-state index in [0.29, 0.717) is 13.0 Å². The van der Waals surface area contributed by atoms with E-state index in [4.69, 9.17) is 9.47 Å². The Labute approximate surface area is 123 Å². The Balaban J connectivity index is 1.92. The van der Waals surface area contributed by atoms with Gasteiger partial charge in [-0.05, 0) is 17.7 Å². The van der Waals surface area contributed by atoms with Gasteiger partial charge in [-0.1, -0.05) is 12.1 Å². The van der Waals surface area contributed by atoms with Crippen LogP contribution in [-0.4, -0.2) is 44.2 Å². The largest absolute Gasteiger partial charge is 0.491 e. The fourth-order valence-electron chi connectivity index (χ4n) is 1.94. The molecule has 1 aliphatic rings. The summed E-state index contributed by atoms with van der Waals surface area (Å²) in [5.74, 6) is 0.328. The van der Waals surface area contributed by atoms with Crippen LogP contribution in [0.2, 0.25) is 0 Å². The molecule has 0 spiro atoms. The highest BCUT2D eigenvalue weighted by Crippen LogP contribution is 2.16.